The molecule has 0 bridgehead atoms. The van der Waals surface area contributed by atoms with Gasteiger partial charge in [-0.1, -0.05) is 408 Å². The molecule has 17 nitrogen and oxygen atoms in total. The maximum absolute atomic E-state index is 13.1. The van der Waals surface area contributed by atoms with Crippen LogP contribution in [0.15, 0.2) is 0 Å². The van der Waals surface area contributed by atoms with Gasteiger partial charge < -0.3 is 33.8 Å². The second-order valence-corrected chi connectivity index (χ2v) is 34.8. The smallest absolute Gasteiger partial charge is 0.462 e. The van der Waals surface area contributed by atoms with Crippen LogP contribution < -0.4 is 0 Å². The fraction of sp³-hybridized carbons (Fsp3) is 0.953. The average Bonchev–Trinajstić information content (AvgIpc) is 0.912. The number of hydrogen-bond acceptors (Lipinski definition) is 15. The van der Waals surface area contributed by atoms with Gasteiger partial charge in [-0.3, -0.25) is 37.3 Å². The second kappa shape index (κ2) is 77.4. The summed E-state index contributed by atoms with van der Waals surface area (Å²) in [6, 6.07) is 0. The van der Waals surface area contributed by atoms with Crippen molar-refractivity contribution in [2.75, 3.05) is 39.6 Å². The summed E-state index contributed by atoms with van der Waals surface area (Å²) in [7, 11) is -9.93. The number of aliphatic hydroxyl groups excluding tert-OH is 1. The Hall–Kier alpha value is -1.94. The fourth-order valence-electron chi connectivity index (χ4n) is 13.4. The minimum Gasteiger partial charge on any atom is -0.462 e. The molecule has 105 heavy (non-hydrogen) atoms. The largest absolute Gasteiger partial charge is 0.472 e. The number of phosphoric ester groups is 2. The summed E-state index contributed by atoms with van der Waals surface area (Å²) in [4.78, 5) is 73.3. The molecule has 0 radical (unpaired) electrons. The molecule has 0 aliphatic carbocycles. The fourth-order valence-corrected chi connectivity index (χ4v) is 15.0. The zero-order valence-electron chi connectivity index (χ0n) is 69.0. The van der Waals surface area contributed by atoms with Gasteiger partial charge in [-0.15, -0.1) is 0 Å². The summed E-state index contributed by atoms with van der Waals surface area (Å²) < 4.78 is 69.0. The first-order chi connectivity index (χ1) is 50.9. The summed E-state index contributed by atoms with van der Waals surface area (Å²) in [5.41, 5.74) is 0. The van der Waals surface area contributed by atoms with E-state index >= 15 is 0 Å². The summed E-state index contributed by atoms with van der Waals surface area (Å²) in [5, 5.41) is 10.7. The number of hydrogen-bond donors (Lipinski definition) is 3. The van der Waals surface area contributed by atoms with Gasteiger partial charge in [0.1, 0.15) is 19.3 Å². The molecule has 0 saturated heterocycles. The van der Waals surface area contributed by atoms with Gasteiger partial charge in [0.15, 0.2) is 12.2 Å². The van der Waals surface area contributed by atoms with Crippen molar-refractivity contribution in [1.82, 2.24) is 0 Å². The van der Waals surface area contributed by atoms with E-state index in [1.807, 2.05) is 0 Å². The Balaban J connectivity index is 5.27. The van der Waals surface area contributed by atoms with Crippen LogP contribution >= 0.6 is 15.6 Å². The molecule has 0 aliphatic heterocycles. The number of carbonyl (C=O) groups excluding carboxylic acids is 4. The molecular formula is C86H168O17P2. The Bertz CT molecular complexity index is 2010. The van der Waals surface area contributed by atoms with Crippen LogP contribution in [0.25, 0.3) is 0 Å². The minimum atomic E-state index is -4.97. The Kier molecular flexibility index (Phi) is 76.0. The van der Waals surface area contributed by atoms with E-state index in [0.717, 1.165) is 102 Å². The predicted octanol–water partition coefficient (Wildman–Crippen LogP) is 26.2. The van der Waals surface area contributed by atoms with Crippen LogP contribution in [0.1, 0.15) is 459 Å². The van der Waals surface area contributed by atoms with E-state index in [2.05, 4.69) is 41.5 Å². The molecule has 0 aromatic carbocycles. The Morgan fingerprint density at radius 2 is 0.438 bits per heavy atom. The number of aliphatic hydroxyl groups is 1. The molecule has 0 aliphatic rings. The Labute approximate surface area is 645 Å². The highest BCUT2D eigenvalue weighted by atomic mass is 31.2. The van der Waals surface area contributed by atoms with Gasteiger partial charge in [0.25, 0.3) is 0 Å². The second-order valence-electron chi connectivity index (χ2n) is 31.9. The molecule has 0 rings (SSSR count). The van der Waals surface area contributed by atoms with Gasteiger partial charge in [0.05, 0.1) is 26.4 Å². The van der Waals surface area contributed by atoms with E-state index in [9.17, 15) is 43.2 Å². The first kappa shape index (κ1) is 103. The predicted molar refractivity (Wildman–Crippen MR) is 432 cm³/mol. The lowest BCUT2D eigenvalue weighted by atomic mass is 10.0. The number of rotatable bonds is 85. The van der Waals surface area contributed by atoms with Gasteiger partial charge in [0.2, 0.25) is 0 Å². The quantitative estimate of drug-likeness (QED) is 0.0222. The zero-order chi connectivity index (χ0) is 77.1. The van der Waals surface area contributed by atoms with Gasteiger partial charge in [-0.25, -0.2) is 9.13 Å². The van der Waals surface area contributed by atoms with E-state index in [1.165, 1.54) is 276 Å². The number of unbranched alkanes of at least 4 members (excludes halogenated alkanes) is 55. The Morgan fingerprint density at radius 1 is 0.257 bits per heavy atom. The van der Waals surface area contributed by atoms with E-state index < -0.39 is 97.5 Å². The number of ether oxygens (including phenoxy) is 4. The van der Waals surface area contributed by atoms with Crippen LogP contribution in [0, 0.1) is 11.8 Å². The van der Waals surface area contributed by atoms with Gasteiger partial charge in [0, 0.05) is 25.7 Å². The molecule has 0 aromatic heterocycles. The lowest BCUT2D eigenvalue weighted by Gasteiger charge is -2.21. The summed E-state index contributed by atoms with van der Waals surface area (Å²) >= 11 is 0. The number of phosphoric acid groups is 2. The van der Waals surface area contributed by atoms with Crippen molar-refractivity contribution in [3.8, 4) is 0 Å². The molecule has 19 heteroatoms. The monoisotopic (exact) mass is 1540 g/mol. The summed E-state index contributed by atoms with van der Waals surface area (Å²) in [6.45, 7) is 9.73. The SMILES string of the molecule is CCCCCCCCCCCCCCCCCCCCC(=O)O[C@H](COC(=O)CCCCCCCCCCCCCCCCC(C)C)COP(=O)(O)OC[C@@H](O)COP(=O)(O)OC[C@@H](COC(=O)CCCCCCCCCCCCCCC)OC(=O)CCCCCCCCCCCCCCCCC(C)C. The molecular weight excluding hydrogens is 1370 g/mol. The first-order valence-electron chi connectivity index (χ1n) is 44.5. The van der Waals surface area contributed by atoms with Crippen molar-refractivity contribution in [3.05, 3.63) is 0 Å². The van der Waals surface area contributed by atoms with E-state index in [1.54, 1.807) is 0 Å². The summed E-state index contributed by atoms with van der Waals surface area (Å²) in [5.74, 6) is -0.504. The molecule has 0 spiro atoms. The van der Waals surface area contributed by atoms with Crippen LogP contribution in [0.4, 0.5) is 0 Å². The van der Waals surface area contributed by atoms with Crippen molar-refractivity contribution in [3.63, 3.8) is 0 Å². The van der Waals surface area contributed by atoms with Gasteiger partial charge in [-0.05, 0) is 37.5 Å². The maximum atomic E-state index is 13.1. The molecule has 5 atom stereocenters. The summed E-state index contributed by atoms with van der Waals surface area (Å²) in [6.07, 6.45) is 69.2. The van der Waals surface area contributed by atoms with Crippen LogP contribution in [0.3, 0.4) is 0 Å². The average molecular weight is 1540 g/mol. The molecule has 0 amide bonds. The van der Waals surface area contributed by atoms with Gasteiger partial charge in [-0.2, -0.15) is 0 Å². The first-order valence-corrected chi connectivity index (χ1v) is 47.5. The zero-order valence-corrected chi connectivity index (χ0v) is 70.8. The van der Waals surface area contributed by atoms with Crippen LogP contribution in [-0.4, -0.2) is 96.7 Å². The molecule has 624 valence electrons. The Morgan fingerprint density at radius 3 is 0.648 bits per heavy atom. The maximum Gasteiger partial charge on any atom is 0.472 e. The molecule has 2 unspecified atom stereocenters. The number of esters is 4. The highest BCUT2D eigenvalue weighted by molar-refractivity contribution is 7.47. The molecule has 3 N–H and O–H groups in total. The normalized spacial score (nSPS) is 13.8. The third-order valence-electron chi connectivity index (χ3n) is 20.2. The van der Waals surface area contributed by atoms with Crippen molar-refractivity contribution in [2.45, 2.75) is 477 Å². The highest BCUT2D eigenvalue weighted by Gasteiger charge is 2.30. The van der Waals surface area contributed by atoms with Crippen LogP contribution in [0.5, 0.6) is 0 Å². The van der Waals surface area contributed by atoms with Gasteiger partial charge >= 0.3 is 39.5 Å². The number of carbonyl (C=O) groups is 4. The molecule has 0 heterocycles. The highest BCUT2D eigenvalue weighted by Crippen LogP contribution is 2.45. The van der Waals surface area contributed by atoms with Crippen molar-refractivity contribution in [1.29, 1.82) is 0 Å². The van der Waals surface area contributed by atoms with Crippen LogP contribution in [0.2, 0.25) is 0 Å². The van der Waals surface area contributed by atoms with Crippen LogP contribution in [-0.2, 0) is 65.4 Å². The lowest BCUT2D eigenvalue weighted by molar-refractivity contribution is -0.161. The van der Waals surface area contributed by atoms with Crippen molar-refractivity contribution < 1.29 is 80.2 Å². The minimum absolute atomic E-state index is 0.108. The van der Waals surface area contributed by atoms with E-state index in [4.69, 9.17) is 37.0 Å². The van der Waals surface area contributed by atoms with E-state index in [0.29, 0.717) is 25.7 Å². The molecule has 0 fully saturated rings. The standard InChI is InChI=1S/C86H168O17P2/c1-7-9-11-13-15-17-19-21-22-23-24-25-34-40-46-52-58-64-70-85(90)102-82(75-97-84(89)69-63-57-51-45-39-33-28-26-31-36-42-48-54-60-66-78(3)4)77-101-105(94,95)99-73-80(87)72-98-104(92,93)100-76-81(74-96-83(88)68-62-56-50-44-38-30-20-18-16-14-12-10-8-2)103-86(91)71-65-59-53-47-41-35-29-27-32-37-43-49-55-61-67-79(5)6/h78-82,87H,7-77H2,1-6H3,(H,92,93)(H,94,95)/t80-,81+,82+/m0/s1. The molecule has 0 saturated carbocycles. The topological polar surface area (TPSA) is 237 Å². The van der Waals surface area contributed by atoms with Crippen molar-refractivity contribution in [2.24, 2.45) is 11.8 Å². The van der Waals surface area contributed by atoms with E-state index in [-0.39, 0.29) is 25.7 Å². The third-order valence-corrected chi connectivity index (χ3v) is 22.1. The lowest BCUT2D eigenvalue weighted by Crippen LogP contribution is -2.30. The third kappa shape index (κ3) is 79.9. The van der Waals surface area contributed by atoms with Crippen molar-refractivity contribution >= 4 is 39.5 Å². The molecule has 0 aromatic rings.